The molecule has 1 amide bonds. The molecule has 0 aliphatic carbocycles. The summed E-state index contributed by atoms with van der Waals surface area (Å²) in [6.45, 7) is 2.62. The van der Waals surface area contributed by atoms with Crippen molar-refractivity contribution in [1.29, 1.82) is 0 Å². The van der Waals surface area contributed by atoms with Gasteiger partial charge in [-0.3, -0.25) is 4.79 Å². The molecule has 3 nitrogen and oxygen atoms in total. The summed E-state index contributed by atoms with van der Waals surface area (Å²) in [6.07, 6.45) is -2.66. The van der Waals surface area contributed by atoms with E-state index in [2.05, 4.69) is 26.6 Å². The molecule has 0 bridgehead atoms. The van der Waals surface area contributed by atoms with E-state index in [-0.39, 0.29) is 11.6 Å². The van der Waals surface area contributed by atoms with E-state index >= 15 is 0 Å². The van der Waals surface area contributed by atoms with Crippen molar-refractivity contribution in [3.8, 4) is 0 Å². The molecule has 1 heterocycles. The molecule has 116 valence electrons. The lowest BCUT2D eigenvalue weighted by Gasteiger charge is -2.29. The average molecular weight is 365 g/mol. The number of piperidine rings is 1. The first-order valence-corrected chi connectivity index (χ1v) is 7.49. The molecular weight excluding hydrogens is 349 g/mol. The Morgan fingerprint density at radius 1 is 1.43 bits per heavy atom. The highest BCUT2D eigenvalue weighted by Crippen LogP contribution is 2.36. The number of hydrogen-bond acceptors (Lipinski definition) is 2. The average Bonchev–Trinajstić information content (AvgIpc) is 2.40. The van der Waals surface area contributed by atoms with Crippen LogP contribution in [0.3, 0.4) is 0 Å². The van der Waals surface area contributed by atoms with E-state index in [0.717, 1.165) is 18.9 Å². The van der Waals surface area contributed by atoms with Gasteiger partial charge in [-0.05, 0) is 43.5 Å². The number of amides is 1. The smallest absolute Gasteiger partial charge is 0.324 e. The topological polar surface area (TPSA) is 41.1 Å². The van der Waals surface area contributed by atoms with Crippen LogP contribution in [0.5, 0.6) is 0 Å². The van der Waals surface area contributed by atoms with Crippen molar-refractivity contribution < 1.29 is 18.0 Å². The van der Waals surface area contributed by atoms with Crippen molar-refractivity contribution in [1.82, 2.24) is 5.32 Å². The van der Waals surface area contributed by atoms with Gasteiger partial charge in [0.25, 0.3) is 0 Å². The van der Waals surface area contributed by atoms with E-state index in [1.807, 2.05) is 6.92 Å². The van der Waals surface area contributed by atoms with Gasteiger partial charge in [-0.15, -0.1) is 0 Å². The quantitative estimate of drug-likeness (QED) is 0.837. The van der Waals surface area contributed by atoms with E-state index in [9.17, 15) is 18.0 Å². The minimum absolute atomic E-state index is 0.100. The van der Waals surface area contributed by atoms with Gasteiger partial charge in [-0.25, -0.2) is 0 Å². The molecule has 0 saturated carbocycles. The minimum Gasteiger partial charge on any atom is -0.324 e. The Morgan fingerprint density at radius 2 is 2.14 bits per heavy atom. The Labute approximate surface area is 129 Å². The highest BCUT2D eigenvalue weighted by atomic mass is 79.9. The highest BCUT2D eigenvalue weighted by molar-refractivity contribution is 9.10. The normalized spacial score (nSPS) is 22.9. The van der Waals surface area contributed by atoms with Crippen molar-refractivity contribution in [3.05, 3.63) is 28.2 Å². The monoisotopic (exact) mass is 364 g/mol. The Balaban J connectivity index is 2.21. The number of nitrogens with one attached hydrogen (secondary N) is 2. The van der Waals surface area contributed by atoms with Crippen LogP contribution in [0.15, 0.2) is 22.7 Å². The second-order valence-corrected chi connectivity index (χ2v) is 6.14. The maximum atomic E-state index is 13.0. The van der Waals surface area contributed by atoms with Gasteiger partial charge in [0.2, 0.25) is 5.91 Å². The van der Waals surface area contributed by atoms with Crippen molar-refractivity contribution >= 4 is 27.5 Å². The molecule has 1 aliphatic rings. The fourth-order valence-electron chi connectivity index (χ4n) is 2.47. The summed E-state index contributed by atoms with van der Waals surface area (Å²) in [5, 5.41) is 5.46. The van der Waals surface area contributed by atoms with Crippen LogP contribution in [0.25, 0.3) is 0 Å². The summed E-state index contributed by atoms with van der Waals surface area (Å²) in [5.74, 6) is -0.321. The first kappa shape index (κ1) is 16.3. The molecule has 0 aromatic heterocycles. The molecule has 2 rings (SSSR count). The summed E-state index contributed by atoms with van der Waals surface area (Å²) in [6, 6.07) is 3.25. The zero-order valence-corrected chi connectivity index (χ0v) is 13.0. The van der Waals surface area contributed by atoms with Gasteiger partial charge < -0.3 is 10.6 Å². The summed E-state index contributed by atoms with van der Waals surface area (Å²) in [7, 11) is 0. The lowest BCUT2D eigenvalue weighted by Crippen LogP contribution is -2.48. The number of anilines is 1. The van der Waals surface area contributed by atoms with E-state index in [1.54, 1.807) is 0 Å². The Kier molecular flexibility index (Phi) is 4.93. The molecule has 2 N–H and O–H groups in total. The third kappa shape index (κ3) is 3.97. The predicted octanol–water partition coefficient (Wildman–Crippen LogP) is 3.79. The first-order valence-electron chi connectivity index (χ1n) is 6.70. The molecule has 2 atom stereocenters. The number of carbonyl (C=O) groups excluding carboxylic acids is 1. The molecule has 1 fully saturated rings. The third-order valence-corrected chi connectivity index (χ3v) is 4.09. The SMILES string of the molecule is CC1CCCNC1C(=O)Nc1ccc(Br)cc1C(F)(F)F. The molecule has 1 saturated heterocycles. The van der Waals surface area contributed by atoms with Gasteiger partial charge in [0.15, 0.2) is 0 Å². The zero-order valence-electron chi connectivity index (χ0n) is 11.4. The second-order valence-electron chi connectivity index (χ2n) is 5.23. The molecular formula is C14H16BrF3N2O. The number of carbonyl (C=O) groups is 1. The van der Waals surface area contributed by atoms with E-state index in [1.165, 1.54) is 12.1 Å². The molecule has 0 spiro atoms. The van der Waals surface area contributed by atoms with E-state index in [4.69, 9.17) is 0 Å². The number of rotatable bonds is 2. The molecule has 1 aromatic rings. The number of benzene rings is 1. The van der Waals surface area contributed by atoms with Crippen molar-refractivity contribution in [2.45, 2.75) is 32.0 Å². The van der Waals surface area contributed by atoms with Crippen LogP contribution in [0.1, 0.15) is 25.3 Å². The van der Waals surface area contributed by atoms with Crippen LogP contribution in [0, 0.1) is 5.92 Å². The summed E-state index contributed by atoms with van der Waals surface area (Å²) in [5.41, 5.74) is -1.07. The number of alkyl halides is 3. The Bertz CT molecular complexity index is 533. The molecule has 1 aromatic carbocycles. The van der Waals surface area contributed by atoms with E-state index < -0.39 is 23.7 Å². The van der Waals surface area contributed by atoms with Crippen LogP contribution in [0.4, 0.5) is 18.9 Å². The van der Waals surface area contributed by atoms with Gasteiger partial charge in [0.1, 0.15) is 0 Å². The lowest BCUT2D eigenvalue weighted by atomic mass is 9.92. The largest absolute Gasteiger partial charge is 0.418 e. The van der Waals surface area contributed by atoms with Gasteiger partial charge in [-0.1, -0.05) is 22.9 Å². The number of halogens is 4. The van der Waals surface area contributed by atoms with Crippen LogP contribution in [-0.2, 0) is 11.0 Å². The van der Waals surface area contributed by atoms with E-state index in [0.29, 0.717) is 11.0 Å². The fourth-order valence-corrected chi connectivity index (χ4v) is 2.83. The summed E-state index contributed by atoms with van der Waals surface area (Å²) >= 11 is 3.02. The molecule has 0 radical (unpaired) electrons. The minimum atomic E-state index is -4.52. The number of hydrogen-bond donors (Lipinski definition) is 2. The highest BCUT2D eigenvalue weighted by Gasteiger charge is 2.35. The summed E-state index contributed by atoms with van der Waals surface area (Å²) in [4.78, 5) is 12.2. The summed E-state index contributed by atoms with van der Waals surface area (Å²) < 4.78 is 39.3. The molecule has 1 aliphatic heterocycles. The van der Waals surface area contributed by atoms with Crippen molar-refractivity contribution in [2.75, 3.05) is 11.9 Å². The molecule has 21 heavy (non-hydrogen) atoms. The van der Waals surface area contributed by atoms with Crippen molar-refractivity contribution in [3.63, 3.8) is 0 Å². The zero-order chi connectivity index (χ0) is 15.6. The van der Waals surface area contributed by atoms with Gasteiger partial charge in [0, 0.05) is 4.47 Å². The predicted molar refractivity (Wildman–Crippen MR) is 78.0 cm³/mol. The van der Waals surface area contributed by atoms with Crippen LogP contribution in [0.2, 0.25) is 0 Å². The second kappa shape index (κ2) is 6.36. The molecule has 7 heteroatoms. The third-order valence-electron chi connectivity index (χ3n) is 3.60. The van der Waals surface area contributed by atoms with Gasteiger partial charge >= 0.3 is 6.18 Å². The Hall–Kier alpha value is -1.08. The van der Waals surface area contributed by atoms with Crippen LogP contribution in [-0.4, -0.2) is 18.5 Å². The van der Waals surface area contributed by atoms with Crippen LogP contribution < -0.4 is 10.6 Å². The van der Waals surface area contributed by atoms with Gasteiger partial charge in [0.05, 0.1) is 17.3 Å². The first-order chi connectivity index (χ1) is 9.79. The standard InChI is InChI=1S/C14H16BrF3N2O/c1-8-3-2-6-19-12(8)13(21)20-11-5-4-9(15)7-10(11)14(16,17)18/h4-5,7-8,12,19H,2-3,6H2,1H3,(H,20,21). The fraction of sp³-hybridized carbons (Fsp3) is 0.500. The van der Waals surface area contributed by atoms with Crippen LogP contribution >= 0.6 is 15.9 Å². The van der Waals surface area contributed by atoms with Gasteiger partial charge in [-0.2, -0.15) is 13.2 Å². The molecule has 2 unspecified atom stereocenters. The lowest BCUT2D eigenvalue weighted by molar-refractivity contribution is -0.137. The van der Waals surface area contributed by atoms with Crippen molar-refractivity contribution in [2.24, 2.45) is 5.92 Å². The Morgan fingerprint density at radius 3 is 2.76 bits per heavy atom. The maximum absolute atomic E-state index is 13.0. The maximum Gasteiger partial charge on any atom is 0.418 e.